The van der Waals surface area contributed by atoms with Gasteiger partial charge >= 0.3 is 0 Å². The average molecular weight is 245 g/mol. The molecule has 0 saturated heterocycles. The summed E-state index contributed by atoms with van der Waals surface area (Å²) in [5, 5.41) is 0. The van der Waals surface area contributed by atoms with E-state index in [0.29, 0.717) is 0 Å². The summed E-state index contributed by atoms with van der Waals surface area (Å²) >= 11 is 0. The molecule has 0 fully saturated rings. The molecule has 0 aliphatic heterocycles. The van der Waals surface area contributed by atoms with Crippen molar-refractivity contribution in [2.24, 2.45) is 5.92 Å². The molecular formula is C17H27N. The van der Waals surface area contributed by atoms with Gasteiger partial charge < -0.3 is 4.90 Å². The maximum Gasteiger partial charge on any atom is 0.0364 e. The van der Waals surface area contributed by atoms with Gasteiger partial charge in [-0.1, -0.05) is 57.9 Å². The molecule has 0 saturated carbocycles. The van der Waals surface area contributed by atoms with Crippen molar-refractivity contribution in [3.63, 3.8) is 0 Å². The molecule has 1 aromatic rings. The van der Waals surface area contributed by atoms with E-state index in [4.69, 9.17) is 0 Å². The van der Waals surface area contributed by atoms with Gasteiger partial charge in [0, 0.05) is 19.3 Å². The first kappa shape index (κ1) is 14.8. The molecule has 1 heteroatoms. The summed E-state index contributed by atoms with van der Waals surface area (Å²) in [6, 6.07) is 8.63. The predicted molar refractivity (Wildman–Crippen MR) is 83.1 cm³/mol. The first-order valence-corrected chi connectivity index (χ1v) is 7.14. The molecule has 18 heavy (non-hydrogen) atoms. The lowest BCUT2D eigenvalue weighted by Gasteiger charge is -2.25. The lowest BCUT2D eigenvalue weighted by atomic mass is 9.98. The van der Waals surface area contributed by atoms with Crippen LogP contribution in [0.15, 0.2) is 30.8 Å². The minimum absolute atomic E-state index is 0.814. The summed E-state index contributed by atoms with van der Waals surface area (Å²) < 4.78 is 0. The average Bonchev–Trinajstić information content (AvgIpc) is 2.43. The minimum atomic E-state index is 0.814. The van der Waals surface area contributed by atoms with Crippen LogP contribution in [-0.4, -0.2) is 13.6 Å². The van der Waals surface area contributed by atoms with Gasteiger partial charge in [-0.05, 0) is 30.0 Å². The van der Waals surface area contributed by atoms with Crippen LogP contribution in [0.5, 0.6) is 0 Å². The van der Waals surface area contributed by atoms with Crippen LogP contribution in [0.4, 0.5) is 5.69 Å². The van der Waals surface area contributed by atoms with Crippen LogP contribution in [0.2, 0.25) is 0 Å². The third kappa shape index (κ3) is 4.56. The van der Waals surface area contributed by atoms with Gasteiger partial charge in [0.15, 0.2) is 0 Å². The molecular weight excluding hydrogens is 218 g/mol. The molecule has 1 nitrogen and oxygen atoms in total. The van der Waals surface area contributed by atoms with Crippen LogP contribution in [0, 0.1) is 5.92 Å². The molecule has 0 aromatic heterocycles. The summed E-state index contributed by atoms with van der Waals surface area (Å²) in [6.07, 6.45) is 7.16. The normalized spacial score (nSPS) is 12.2. The Kier molecular flexibility index (Phi) is 6.56. The molecule has 0 heterocycles. The third-order valence-electron chi connectivity index (χ3n) is 3.64. The van der Waals surface area contributed by atoms with E-state index in [1.54, 1.807) is 0 Å². The van der Waals surface area contributed by atoms with E-state index in [0.717, 1.165) is 12.5 Å². The van der Waals surface area contributed by atoms with Crippen LogP contribution >= 0.6 is 0 Å². The summed E-state index contributed by atoms with van der Waals surface area (Å²) in [5.41, 5.74) is 2.49. The Hall–Kier alpha value is -1.24. The fourth-order valence-corrected chi connectivity index (χ4v) is 2.27. The Morgan fingerprint density at radius 1 is 1.22 bits per heavy atom. The molecule has 0 aliphatic rings. The highest BCUT2D eigenvalue weighted by molar-refractivity contribution is 5.54. The van der Waals surface area contributed by atoms with Crippen LogP contribution in [0.25, 0.3) is 6.08 Å². The summed E-state index contributed by atoms with van der Waals surface area (Å²) in [7, 11) is 2.19. The van der Waals surface area contributed by atoms with Gasteiger partial charge in [0.2, 0.25) is 0 Å². The monoisotopic (exact) mass is 245 g/mol. The van der Waals surface area contributed by atoms with E-state index >= 15 is 0 Å². The van der Waals surface area contributed by atoms with Crippen molar-refractivity contribution in [1.82, 2.24) is 0 Å². The van der Waals surface area contributed by atoms with Crippen molar-refractivity contribution >= 4 is 11.8 Å². The van der Waals surface area contributed by atoms with Crippen molar-refractivity contribution < 1.29 is 0 Å². The van der Waals surface area contributed by atoms with E-state index in [2.05, 4.69) is 56.6 Å². The lowest BCUT2D eigenvalue weighted by molar-refractivity contribution is 0.454. The van der Waals surface area contributed by atoms with Crippen molar-refractivity contribution in [1.29, 1.82) is 0 Å². The Morgan fingerprint density at radius 3 is 2.39 bits per heavy atom. The van der Waals surface area contributed by atoms with E-state index < -0.39 is 0 Å². The number of hydrogen-bond acceptors (Lipinski definition) is 1. The maximum atomic E-state index is 3.79. The van der Waals surface area contributed by atoms with Gasteiger partial charge in [-0.15, -0.1) is 0 Å². The second-order valence-corrected chi connectivity index (χ2v) is 5.09. The zero-order chi connectivity index (χ0) is 13.4. The van der Waals surface area contributed by atoms with Crippen molar-refractivity contribution in [3.8, 4) is 0 Å². The van der Waals surface area contributed by atoms with E-state index in [-0.39, 0.29) is 0 Å². The number of nitrogens with zero attached hydrogens (tertiary/aromatic N) is 1. The van der Waals surface area contributed by atoms with Crippen LogP contribution in [0.3, 0.4) is 0 Å². The van der Waals surface area contributed by atoms with Crippen LogP contribution in [0.1, 0.15) is 45.1 Å². The lowest BCUT2D eigenvalue weighted by Crippen LogP contribution is -2.25. The second-order valence-electron chi connectivity index (χ2n) is 5.09. The van der Waals surface area contributed by atoms with Gasteiger partial charge in [-0.25, -0.2) is 0 Å². The van der Waals surface area contributed by atoms with Gasteiger partial charge in [0.05, 0.1) is 0 Å². The Balaban J connectivity index is 2.56. The molecule has 1 atom stereocenters. The van der Waals surface area contributed by atoms with Crippen molar-refractivity contribution in [2.45, 2.75) is 39.5 Å². The number of anilines is 1. The van der Waals surface area contributed by atoms with Crippen molar-refractivity contribution in [3.05, 3.63) is 36.4 Å². The molecule has 1 unspecified atom stereocenters. The molecule has 100 valence electrons. The first-order chi connectivity index (χ1) is 8.71. The Labute approximate surface area is 113 Å². The fraction of sp³-hybridized carbons (Fsp3) is 0.529. The summed E-state index contributed by atoms with van der Waals surface area (Å²) in [6.45, 7) is 9.51. The fourth-order valence-electron chi connectivity index (χ4n) is 2.27. The van der Waals surface area contributed by atoms with Crippen LogP contribution < -0.4 is 4.90 Å². The predicted octanol–water partition coefficient (Wildman–Crippen LogP) is 4.98. The van der Waals surface area contributed by atoms with E-state index in [1.165, 1.54) is 36.9 Å². The van der Waals surface area contributed by atoms with Gasteiger partial charge in [0.1, 0.15) is 0 Å². The number of rotatable bonds is 8. The molecule has 0 bridgehead atoms. The van der Waals surface area contributed by atoms with Gasteiger partial charge in [-0.3, -0.25) is 0 Å². The highest BCUT2D eigenvalue weighted by Crippen LogP contribution is 2.19. The zero-order valence-corrected chi connectivity index (χ0v) is 12.2. The summed E-state index contributed by atoms with van der Waals surface area (Å²) in [4.78, 5) is 2.37. The molecule has 1 rings (SSSR count). The Bertz CT molecular complexity index is 339. The highest BCUT2D eigenvalue weighted by atomic mass is 15.1. The molecule has 0 aliphatic carbocycles. The van der Waals surface area contributed by atoms with Crippen LogP contribution in [-0.2, 0) is 0 Å². The molecule has 0 radical (unpaired) electrons. The van der Waals surface area contributed by atoms with Gasteiger partial charge in [-0.2, -0.15) is 0 Å². The highest BCUT2D eigenvalue weighted by Gasteiger charge is 2.09. The zero-order valence-electron chi connectivity index (χ0n) is 12.2. The molecule has 1 aromatic carbocycles. The molecule has 0 spiro atoms. The smallest absolute Gasteiger partial charge is 0.0364 e. The Morgan fingerprint density at radius 2 is 1.89 bits per heavy atom. The largest absolute Gasteiger partial charge is 0.374 e. The third-order valence-corrected chi connectivity index (χ3v) is 3.64. The number of hydrogen-bond donors (Lipinski definition) is 0. The SMILES string of the molecule is C=Cc1ccc(N(C)CC(CC)CCCC)cc1. The maximum absolute atomic E-state index is 3.79. The standard InChI is InChI=1S/C17H27N/c1-5-8-9-16(7-3)14-18(4)17-12-10-15(6-2)11-13-17/h6,10-13,16H,2,5,7-9,14H2,1,3-4H3. The number of benzene rings is 1. The number of unbranched alkanes of at least 4 members (excludes halogenated alkanes) is 1. The van der Waals surface area contributed by atoms with E-state index in [9.17, 15) is 0 Å². The molecule has 0 N–H and O–H groups in total. The quantitative estimate of drug-likeness (QED) is 0.624. The first-order valence-electron chi connectivity index (χ1n) is 7.14. The molecule has 0 amide bonds. The minimum Gasteiger partial charge on any atom is -0.374 e. The van der Waals surface area contributed by atoms with E-state index in [1.807, 2.05) is 6.08 Å². The topological polar surface area (TPSA) is 3.24 Å². The van der Waals surface area contributed by atoms with Gasteiger partial charge in [0.25, 0.3) is 0 Å². The second kappa shape index (κ2) is 7.97. The summed E-state index contributed by atoms with van der Waals surface area (Å²) in [5.74, 6) is 0.814. The van der Waals surface area contributed by atoms with Crippen molar-refractivity contribution in [2.75, 3.05) is 18.5 Å².